The van der Waals surface area contributed by atoms with E-state index in [1.165, 1.54) is 0 Å². The third-order valence-corrected chi connectivity index (χ3v) is 2.12. The lowest BCUT2D eigenvalue weighted by Gasteiger charge is -1.92. The Morgan fingerprint density at radius 1 is 1.82 bits per heavy atom. The first-order valence-corrected chi connectivity index (χ1v) is 4.30. The smallest absolute Gasteiger partial charge is 0.143 e. The van der Waals surface area contributed by atoms with E-state index >= 15 is 0 Å². The third-order valence-electron chi connectivity index (χ3n) is 1.32. The summed E-state index contributed by atoms with van der Waals surface area (Å²) in [7, 11) is 1.83. The van der Waals surface area contributed by atoms with Crippen LogP contribution in [0, 0.1) is 5.41 Å². The van der Waals surface area contributed by atoms with Crippen molar-refractivity contribution in [3.8, 4) is 0 Å². The van der Waals surface area contributed by atoms with E-state index in [4.69, 9.17) is 11.1 Å². The molecule has 0 fully saturated rings. The number of hydrogen-bond donors (Lipinski definition) is 2. The predicted molar refractivity (Wildman–Crippen MR) is 46.0 cm³/mol. The molecular formula is C6H10N4S. The van der Waals surface area contributed by atoms with Gasteiger partial charge < -0.3 is 5.73 Å². The molecule has 0 aliphatic heterocycles. The molecule has 4 nitrogen and oxygen atoms in total. The maximum atomic E-state index is 7.11. The van der Waals surface area contributed by atoms with Crippen molar-refractivity contribution in [2.24, 2.45) is 12.8 Å². The van der Waals surface area contributed by atoms with Crippen molar-refractivity contribution in [2.75, 3.05) is 6.26 Å². The molecule has 0 amide bonds. The largest absolute Gasteiger partial charge is 0.382 e. The molecule has 0 bridgehead atoms. The number of aryl methyl sites for hydroxylation is 1. The summed E-state index contributed by atoms with van der Waals surface area (Å²) in [5.74, 6) is 0.0147. The molecule has 0 radical (unpaired) electrons. The van der Waals surface area contributed by atoms with Gasteiger partial charge in [-0.25, -0.2) is 0 Å². The molecule has 11 heavy (non-hydrogen) atoms. The highest BCUT2D eigenvalue weighted by Gasteiger charge is 2.04. The number of nitrogens with two attached hydrogens (primary N) is 1. The van der Waals surface area contributed by atoms with Gasteiger partial charge in [0.15, 0.2) is 0 Å². The van der Waals surface area contributed by atoms with Crippen LogP contribution in [0.5, 0.6) is 0 Å². The quantitative estimate of drug-likeness (QED) is 0.384. The second-order valence-electron chi connectivity index (χ2n) is 2.11. The first-order chi connectivity index (χ1) is 5.15. The average molecular weight is 170 g/mol. The number of aromatic nitrogens is 2. The summed E-state index contributed by atoms with van der Waals surface area (Å²) in [4.78, 5) is 0. The van der Waals surface area contributed by atoms with Crippen molar-refractivity contribution in [3.05, 3.63) is 11.8 Å². The van der Waals surface area contributed by atoms with Crippen molar-refractivity contribution >= 4 is 17.6 Å². The number of nitrogens with zero attached hydrogens (tertiary/aromatic N) is 2. The van der Waals surface area contributed by atoms with E-state index in [9.17, 15) is 0 Å². The number of thioether (sulfide) groups is 1. The van der Waals surface area contributed by atoms with E-state index in [2.05, 4.69) is 5.10 Å². The van der Waals surface area contributed by atoms with Crippen LogP contribution in [0.3, 0.4) is 0 Å². The van der Waals surface area contributed by atoms with Gasteiger partial charge in [0.1, 0.15) is 11.5 Å². The maximum Gasteiger partial charge on any atom is 0.143 e. The molecule has 0 aromatic carbocycles. The zero-order chi connectivity index (χ0) is 8.43. The Kier molecular flexibility index (Phi) is 2.19. The molecule has 1 aromatic heterocycles. The fourth-order valence-corrected chi connectivity index (χ4v) is 1.31. The molecule has 60 valence electrons. The van der Waals surface area contributed by atoms with Gasteiger partial charge in [-0.3, -0.25) is 10.1 Å². The highest BCUT2D eigenvalue weighted by atomic mass is 32.2. The molecule has 0 unspecified atom stereocenters. The Morgan fingerprint density at radius 2 is 2.45 bits per heavy atom. The highest BCUT2D eigenvalue weighted by Crippen LogP contribution is 2.13. The van der Waals surface area contributed by atoms with Crippen LogP contribution in [0.15, 0.2) is 11.1 Å². The van der Waals surface area contributed by atoms with E-state index in [1.807, 2.05) is 13.3 Å². The third kappa shape index (κ3) is 1.54. The van der Waals surface area contributed by atoms with Crippen LogP contribution in [0.25, 0.3) is 0 Å². The summed E-state index contributed by atoms with van der Waals surface area (Å²) in [6.45, 7) is 0. The van der Waals surface area contributed by atoms with Crippen LogP contribution in [-0.2, 0) is 7.05 Å². The van der Waals surface area contributed by atoms with E-state index in [0.717, 1.165) is 5.03 Å². The number of nitrogen functional groups attached to an aromatic ring is 1. The maximum absolute atomic E-state index is 7.11. The fraction of sp³-hybridized carbons (Fsp3) is 0.333. The van der Waals surface area contributed by atoms with Crippen molar-refractivity contribution in [2.45, 2.75) is 5.03 Å². The van der Waals surface area contributed by atoms with Crippen molar-refractivity contribution in [1.29, 1.82) is 5.41 Å². The van der Waals surface area contributed by atoms with Gasteiger partial charge in [0, 0.05) is 13.1 Å². The lowest BCUT2D eigenvalue weighted by molar-refractivity contribution is 0.697. The molecule has 3 N–H and O–H groups in total. The van der Waals surface area contributed by atoms with Gasteiger partial charge in [0.2, 0.25) is 0 Å². The molecule has 0 saturated heterocycles. The molecule has 1 aromatic rings. The first-order valence-electron chi connectivity index (χ1n) is 3.07. The fourth-order valence-electron chi connectivity index (χ4n) is 0.773. The van der Waals surface area contributed by atoms with Gasteiger partial charge in [0.25, 0.3) is 0 Å². The van der Waals surface area contributed by atoms with E-state index in [1.54, 1.807) is 22.5 Å². The molecule has 1 heterocycles. The summed E-state index contributed by atoms with van der Waals surface area (Å²) in [6, 6.07) is 1.80. The van der Waals surface area contributed by atoms with Gasteiger partial charge >= 0.3 is 0 Å². The monoisotopic (exact) mass is 170 g/mol. The van der Waals surface area contributed by atoms with Crippen LogP contribution in [0.2, 0.25) is 0 Å². The lowest BCUT2D eigenvalue weighted by atomic mass is 10.4. The zero-order valence-corrected chi connectivity index (χ0v) is 7.27. The summed E-state index contributed by atoms with van der Waals surface area (Å²) in [5, 5.41) is 12.1. The second kappa shape index (κ2) is 2.96. The number of nitrogens with one attached hydrogen (secondary N) is 1. The van der Waals surface area contributed by atoms with Crippen molar-refractivity contribution in [1.82, 2.24) is 9.78 Å². The number of hydrogen-bond acceptors (Lipinski definition) is 3. The Balaban J connectivity index is 3.05. The molecule has 5 heteroatoms. The SMILES string of the molecule is CSc1cc(C(=N)N)nn1C. The van der Waals surface area contributed by atoms with Crippen molar-refractivity contribution < 1.29 is 0 Å². The van der Waals surface area contributed by atoms with Gasteiger partial charge in [0.05, 0.1) is 5.03 Å². The second-order valence-corrected chi connectivity index (χ2v) is 2.94. The van der Waals surface area contributed by atoms with Crippen LogP contribution >= 0.6 is 11.8 Å². The minimum absolute atomic E-state index is 0.0147. The average Bonchev–Trinajstić information content (AvgIpc) is 2.31. The molecule has 0 saturated carbocycles. The minimum atomic E-state index is 0.0147. The summed E-state index contributed by atoms with van der Waals surface area (Å²) < 4.78 is 1.71. The van der Waals surface area contributed by atoms with E-state index in [-0.39, 0.29) is 5.84 Å². The van der Waals surface area contributed by atoms with Crippen molar-refractivity contribution in [3.63, 3.8) is 0 Å². The Bertz CT molecular complexity index is 278. The summed E-state index contributed by atoms with van der Waals surface area (Å²) in [5.41, 5.74) is 5.79. The van der Waals surface area contributed by atoms with Gasteiger partial charge in [-0.1, -0.05) is 0 Å². The van der Waals surface area contributed by atoms with E-state index < -0.39 is 0 Å². The predicted octanol–water partition coefficient (Wildman–Crippen LogP) is 0.426. The Morgan fingerprint density at radius 3 is 2.73 bits per heavy atom. The van der Waals surface area contributed by atoms with Gasteiger partial charge in [-0.15, -0.1) is 11.8 Å². The molecular weight excluding hydrogens is 160 g/mol. The lowest BCUT2D eigenvalue weighted by Crippen LogP contribution is -2.11. The van der Waals surface area contributed by atoms with E-state index in [0.29, 0.717) is 5.69 Å². The topological polar surface area (TPSA) is 67.7 Å². The number of rotatable bonds is 2. The Labute approximate surface area is 69.3 Å². The molecule has 0 atom stereocenters. The van der Waals surface area contributed by atoms with Crippen LogP contribution in [-0.4, -0.2) is 21.9 Å². The summed E-state index contributed by atoms with van der Waals surface area (Å²) >= 11 is 1.58. The van der Waals surface area contributed by atoms with Gasteiger partial charge in [-0.05, 0) is 6.26 Å². The van der Waals surface area contributed by atoms with Gasteiger partial charge in [-0.2, -0.15) is 5.10 Å². The zero-order valence-electron chi connectivity index (χ0n) is 6.46. The molecule has 0 spiro atoms. The molecule has 0 aliphatic carbocycles. The molecule has 1 rings (SSSR count). The highest BCUT2D eigenvalue weighted by molar-refractivity contribution is 7.98. The summed E-state index contributed by atoms with van der Waals surface area (Å²) in [6.07, 6.45) is 1.96. The van der Waals surface area contributed by atoms with Crippen LogP contribution in [0.1, 0.15) is 5.69 Å². The first kappa shape index (κ1) is 8.13. The van der Waals surface area contributed by atoms with Crippen LogP contribution < -0.4 is 5.73 Å². The minimum Gasteiger partial charge on any atom is -0.382 e. The normalized spacial score (nSPS) is 10.0. The van der Waals surface area contributed by atoms with Crippen LogP contribution in [0.4, 0.5) is 0 Å². The Hall–Kier alpha value is -0.970. The standard InChI is InChI=1S/C6H10N4S/c1-10-5(11-2)3-4(9-10)6(7)8/h3H,1-2H3,(H3,7,8). The number of amidine groups is 1. The molecule has 0 aliphatic rings.